The Morgan fingerprint density at radius 1 is 1.03 bits per heavy atom. The molecule has 1 aromatic heterocycles. The number of aromatic nitrogens is 1. The molecule has 0 saturated carbocycles. The Kier molecular flexibility index (Phi) is 5.43. The van der Waals surface area contributed by atoms with Crippen LogP contribution in [0.25, 0.3) is 22.2 Å². The highest BCUT2D eigenvalue weighted by molar-refractivity contribution is 7.89. The van der Waals surface area contributed by atoms with Crippen molar-refractivity contribution in [1.82, 2.24) is 9.29 Å². The van der Waals surface area contributed by atoms with E-state index < -0.39 is 16.1 Å². The van der Waals surface area contributed by atoms with Crippen molar-refractivity contribution in [2.45, 2.75) is 26.3 Å². The smallest absolute Gasteiger partial charge is 0.214 e. The molecule has 0 saturated heterocycles. The maximum Gasteiger partial charge on any atom is 0.214 e. The van der Waals surface area contributed by atoms with Crippen molar-refractivity contribution in [3.8, 4) is 11.3 Å². The van der Waals surface area contributed by atoms with Crippen LogP contribution in [0.1, 0.15) is 35.2 Å². The molecule has 0 aliphatic carbocycles. The number of aryl methyl sites for hydroxylation is 1. The van der Waals surface area contributed by atoms with E-state index in [-0.39, 0.29) is 5.75 Å². The molecule has 4 aromatic rings. The molecule has 5 nitrogen and oxygen atoms in total. The fraction of sp³-hybridized carbons (Fsp3) is 0.222. The number of para-hydroxylation sites is 1. The largest absolute Gasteiger partial charge is 0.398 e. The predicted octanol–water partition coefficient (Wildman–Crippen LogP) is 5.09. The molecule has 33 heavy (non-hydrogen) atoms. The molecule has 1 unspecified atom stereocenters. The van der Waals surface area contributed by atoms with E-state index in [0.29, 0.717) is 13.0 Å². The van der Waals surface area contributed by atoms with Gasteiger partial charge in [0.2, 0.25) is 10.0 Å². The molecule has 2 N–H and O–H groups in total. The topological polar surface area (TPSA) is 76.3 Å². The molecule has 6 heteroatoms. The van der Waals surface area contributed by atoms with Crippen molar-refractivity contribution in [3.63, 3.8) is 0 Å². The maximum atomic E-state index is 13.1. The minimum atomic E-state index is -3.41. The van der Waals surface area contributed by atoms with Gasteiger partial charge in [0.05, 0.1) is 23.0 Å². The summed E-state index contributed by atoms with van der Waals surface area (Å²) in [5, 5.41) is 1.09. The van der Waals surface area contributed by atoms with Crippen molar-refractivity contribution in [3.05, 3.63) is 95.1 Å². The van der Waals surface area contributed by atoms with Crippen LogP contribution in [0.3, 0.4) is 0 Å². The Morgan fingerprint density at radius 3 is 2.67 bits per heavy atom. The minimum Gasteiger partial charge on any atom is -0.398 e. The lowest BCUT2D eigenvalue weighted by atomic mass is 9.87. The third-order valence-corrected chi connectivity index (χ3v) is 8.42. The van der Waals surface area contributed by atoms with Gasteiger partial charge in [0.15, 0.2) is 0 Å². The minimum absolute atomic E-state index is 0.0616. The summed E-state index contributed by atoms with van der Waals surface area (Å²) in [6.07, 6.45) is 0.614. The second kappa shape index (κ2) is 8.28. The van der Waals surface area contributed by atoms with E-state index in [9.17, 15) is 8.42 Å². The Hall–Kier alpha value is -3.22. The zero-order valence-electron chi connectivity index (χ0n) is 18.8. The number of nitrogen functional groups attached to an aromatic ring is 1. The van der Waals surface area contributed by atoms with Crippen molar-refractivity contribution in [2.24, 2.45) is 0 Å². The second-order valence-corrected chi connectivity index (χ2v) is 10.8. The lowest BCUT2D eigenvalue weighted by Crippen LogP contribution is -2.41. The van der Waals surface area contributed by atoms with Gasteiger partial charge >= 0.3 is 0 Å². The van der Waals surface area contributed by atoms with Gasteiger partial charge in [-0.15, -0.1) is 0 Å². The fourth-order valence-corrected chi connectivity index (χ4v) is 6.04. The maximum absolute atomic E-state index is 13.1. The molecule has 1 aliphatic rings. The van der Waals surface area contributed by atoms with Crippen LogP contribution in [0.15, 0.2) is 72.8 Å². The monoisotopic (exact) mass is 457 g/mol. The number of rotatable bonds is 4. The summed E-state index contributed by atoms with van der Waals surface area (Å²) in [4.78, 5) is 4.88. The lowest BCUT2D eigenvalue weighted by Gasteiger charge is -2.37. The van der Waals surface area contributed by atoms with Crippen LogP contribution < -0.4 is 5.73 Å². The number of fused-ring (bicyclic) bond motifs is 2. The van der Waals surface area contributed by atoms with E-state index in [1.807, 2.05) is 54.6 Å². The van der Waals surface area contributed by atoms with Crippen LogP contribution in [-0.2, 0) is 16.4 Å². The average Bonchev–Trinajstić information content (AvgIpc) is 2.83. The van der Waals surface area contributed by atoms with Gasteiger partial charge in [-0.05, 0) is 66.8 Å². The first kappa shape index (κ1) is 21.6. The number of hydrogen-bond donors (Lipinski definition) is 1. The number of hydrogen-bond acceptors (Lipinski definition) is 4. The predicted molar refractivity (Wildman–Crippen MR) is 134 cm³/mol. The summed E-state index contributed by atoms with van der Waals surface area (Å²) in [6.45, 7) is 4.17. The van der Waals surface area contributed by atoms with E-state index in [2.05, 4.69) is 25.1 Å². The van der Waals surface area contributed by atoms with Crippen LogP contribution in [0.5, 0.6) is 0 Å². The first-order valence-electron chi connectivity index (χ1n) is 11.2. The highest BCUT2D eigenvalue weighted by Gasteiger charge is 2.36. The van der Waals surface area contributed by atoms with E-state index >= 15 is 0 Å². The first-order valence-corrected chi connectivity index (χ1v) is 12.8. The fourth-order valence-electron chi connectivity index (χ4n) is 4.79. The van der Waals surface area contributed by atoms with Crippen LogP contribution >= 0.6 is 0 Å². The summed E-state index contributed by atoms with van der Waals surface area (Å²) in [7, 11) is -3.41. The zero-order chi connectivity index (χ0) is 23.2. The first-order chi connectivity index (χ1) is 15.9. The van der Waals surface area contributed by atoms with Gasteiger partial charge < -0.3 is 5.73 Å². The quantitative estimate of drug-likeness (QED) is 0.433. The Bertz CT molecular complexity index is 1460. The second-order valence-electron chi connectivity index (χ2n) is 8.54. The molecule has 0 spiro atoms. The van der Waals surface area contributed by atoms with Crippen LogP contribution in [-0.4, -0.2) is 30.0 Å². The molecule has 0 radical (unpaired) electrons. The number of nitrogens with zero attached hydrogens (tertiary/aromatic N) is 2. The average molecular weight is 458 g/mol. The van der Waals surface area contributed by atoms with E-state index in [1.54, 1.807) is 11.2 Å². The van der Waals surface area contributed by atoms with Gasteiger partial charge in [0.1, 0.15) is 0 Å². The molecule has 0 amide bonds. The molecular weight excluding hydrogens is 430 g/mol. The summed E-state index contributed by atoms with van der Waals surface area (Å²) < 4.78 is 27.8. The van der Waals surface area contributed by atoms with Gasteiger partial charge in [-0.2, -0.15) is 4.31 Å². The van der Waals surface area contributed by atoms with Crippen molar-refractivity contribution in [2.75, 3.05) is 18.0 Å². The third-order valence-electron chi connectivity index (χ3n) is 6.59. The van der Waals surface area contributed by atoms with Gasteiger partial charge in [-0.3, -0.25) is 0 Å². The Balaban J connectivity index is 1.69. The van der Waals surface area contributed by atoms with Gasteiger partial charge in [0.25, 0.3) is 0 Å². The van der Waals surface area contributed by atoms with E-state index in [4.69, 9.17) is 10.7 Å². The van der Waals surface area contributed by atoms with Crippen LogP contribution in [0.4, 0.5) is 5.69 Å². The number of nitrogens with two attached hydrogens (primary N) is 1. The summed E-state index contributed by atoms with van der Waals surface area (Å²) >= 11 is 0. The molecule has 5 rings (SSSR count). The lowest BCUT2D eigenvalue weighted by molar-refractivity contribution is 0.345. The van der Waals surface area contributed by atoms with Gasteiger partial charge in [-0.25, -0.2) is 13.4 Å². The molecule has 0 bridgehead atoms. The number of pyridine rings is 1. The molecule has 168 valence electrons. The summed E-state index contributed by atoms with van der Waals surface area (Å²) in [6, 6.07) is 23.7. The van der Waals surface area contributed by atoms with Crippen molar-refractivity contribution < 1.29 is 8.42 Å². The summed E-state index contributed by atoms with van der Waals surface area (Å²) in [5.41, 5.74) is 13.8. The highest BCUT2D eigenvalue weighted by Crippen LogP contribution is 2.40. The molecular formula is C27H27N3O2S. The Morgan fingerprint density at radius 2 is 1.85 bits per heavy atom. The van der Waals surface area contributed by atoms with E-state index in [1.165, 1.54) is 0 Å². The molecule has 2 heterocycles. The number of benzene rings is 3. The highest BCUT2D eigenvalue weighted by atomic mass is 32.2. The third kappa shape index (κ3) is 3.79. The van der Waals surface area contributed by atoms with Crippen molar-refractivity contribution in [1.29, 1.82) is 0 Å². The normalized spacial score (nSPS) is 16.6. The Labute approximate surface area is 194 Å². The van der Waals surface area contributed by atoms with Gasteiger partial charge in [-0.1, -0.05) is 48.5 Å². The SMILES string of the molecule is CCS(=O)(=O)N1CCc2c(N)cccc2C1c1ccc(C)c(-c2ccc3ccccc3n2)c1. The molecule has 0 fully saturated rings. The van der Waals surface area contributed by atoms with Crippen LogP contribution in [0.2, 0.25) is 0 Å². The van der Waals surface area contributed by atoms with E-state index in [0.717, 1.165) is 50.1 Å². The summed E-state index contributed by atoms with van der Waals surface area (Å²) in [5.74, 6) is 0.0616. The number of anilines is 1. The number of sulfonamides is 1. The van der Waals surface area contributed by atoms with Crippen molar-refractivity contribution >= 4 is 26.6 Å². The molecule has 1 atom stereocenters. The molecule has 1 aliphatic heterocycles. The molecule has 3 aromatic carbocycles. The van der Waals surface area contributed by atoms with Crippen LogP contribution in [0, 0.1) is 6.92 Å². The van der Waals surface area contributed by atoms with Gasteiger partial charge in [0, 0.05) is 23.2 Å². The standard InChI is InChI=1S/C27H27N3O2S/c1-3-33(31,32)30-16-15-21-22(8-6-9-24(21)28)27(30)20-12-11-18(2)23(17-20)26-14-13-19-7-4-5-10-25(19)29-26/h4-14,17,27H,3,15-16,28H2,1-2H3. The zero-order valence-corrected chi connectivity index (χ0v) is 19.6.